The number of hydrogen-bond donors (Lipinski definition) is 0. The minimum atomic E-state index is -0.384. The summed E-state index contributed by atoms with van der Waals surface area (Å²) in [5, 5.41) is 0.383. The van der Waals surface area contributed by atoms with E-state index in [2.05, 4.69) is 25.9 Å². The Hall–Kier alpha value is -3.52. The lowest BCUT2D eigenvalue weighted by Gasteiger charge is -2.18. The summed E-state index contributed by atoms with van der Waals surface area (Å²) in [5.41, 5.74) is 2.12. The number of nitrogens with zero attached hydrogens (tertiary/aromatic N) is 3. The third-order valence-electron chi connectivity index (χ3n) is 5.21. The second-order valence-electron chi connectivity index (χ2n) is 7.46. The van der Waals surface area contributed by atoms with E-state index in [-0.39, 0.29) is 16.8 Å². The first-order valence-corrected chi connectivity index (χ1v) is 10.9. The number of ketones is 1. The monoisotopic (exact) mass is 491 g/mol. The molecule has 0 atom stereocenters. The minimum Gasteiger partial charge on any atom is -0.486 e. The summed E-state index contributed by atoms with van der Waals surface area (Å²) in [5.74, 6) is 0.702. The van der Waals surface area contributed by atoms with Gasteiger partial charge >= 0.3 is 0 Å². The average molecular weight is 492 g/mol. The van der Waals surface area contributed by atoms with E-state index < -0.39 is 0 Å². The van der Waals surface area contributed by atoms with E-state index in [1.54, 1.807) is 41.1 Å². The fourth-order valence-electron chi connectivity index (χ4n) is 3.70. The Bertz CT molecular complexity index is 1430. The van der Waals surface area contributed by atoms with E-state index >= 15 is 0 Å². The van der Waals surface area contributed by atoms with Crippen molar-refractivity contribution in [3.05, 3.63) is 92.1 Å². The third-order valence-corrected chi connectivity index (χ3v) is 5.66. The first-order chi connectivity index (χ1) is 15.5. The van der Waals surface area contributed by atoms with Crippen molar-refractivity contribution in [1.29, 1.82) is 0 Å². The van der Waals surface area contributed by atoms with Crippen LogP contribution in [0.25, 0.3) is 11.0 Å². The molecule has 8 heteroatoms. The zero-order valence-electron chi connectivity index (χ0n) is 17.2. The van der Waals surface area contributed by atoms with Crippen LogP contribution in [0, 0.1) is 6.92 Å². The largest absolute Gasteiger partial charge is 0.486 e. The molecule has 0 unspecified atom stereocenters. The van der Waals surface area contributed by atoms with E-state index in [0.717, 1.165) is 11.4 Å². The zero-order valence-corrected chi connectivity index (χ0v) is 18.8. The normalized spacial score (nSPS) is 12.7. The molecule has 0 N–H and O–H groups in total. The van der Waals surface area contributed by atoms with Gasteiger partial charge in [0.05, 0.1) is 23.2 Å². The number of aromatic nitrogens is 3. The number of aryl methyl sites for hydroxylation is 1. The maximum atomic E-state index is 13.4. The third kappa shape index (κ3) is 3.78. The molecule has 5 rings (SSSR count). The number of carbonyl (C=O) groups excluding carboxylic acids is 1. The van der Waals surface area contributed by atoms with Gasteiger partial charge in [0.15, 0.2) is 17.3 Å². The summed E-state index contributed by atoms with van der Waals surface area (Å²) in [6.45, 7) is 3.10. The number of fused-ring (bicyclic) bond motifs is 2. The Morgan fingerprint density at radius 1 is 1.06 bits per heavy atom. The van der Waals surface area contributed by atoms with Gasteiger partial charge in [-0.05, 0) is 65.3 Å². The van der Waals surface area contributed by atoms with Gasteiger partial charge in [-0.3, -0.25) is 9.59 Å². The SMILES string of the molecule is Cc1ccc2c(=O)c(C(=O)c3ccc4c(c3)OCCO4)cn(Cc3cccc(Br)n3)c2n1. The van der Waals surface area contributed by atoms with Crippen LogP contribution in [0.4, 0.5) is 0 Å². The highest BCUT2D eigenvalue weighted by Gasteiger charge is 2.21. The predicted molar refractivity (Wildman–Crippen MR) is 123 cm³/mol. The van der Waals surface area contributed by atoms with Crippen LogP contribution < -0.4 is 14.9 Å². The number of benzene rings is 1. The lowest BCUT2D eigenvalue weighted by atomic mass is 10.0. The topological polar surface area (TPSA) is 83.3 Å². The van der Waals surface area contributed by atoms with Crippen LogP contribution in [-0.4, -0.2) is 33.5 Å². The summed E-state index contributed by atoms with van der Waals surface area (Å²) >= 11 is 3.38. The predicted octanol–water partition coefficient (Wildman–Crippen LogP) is 3.91. The number of rotatable bonds is 4. The zero-order chi connectivity index (χ0) is 22.2. The number of pyridine rings is 3. The highest BCUT2D eigenvalue weighted by Crippen LogP contribution is 2.31. The van der Waals surface area contributed by atoms with Crippen molar-refractivity contribution in [2.45, 2.75) is 13.5 Å². The molecule has 7 nitrogen and oxygen atoms in total. The smallest absolute Gasteiger partial charge is 0.202 e. The summed E-state index contributed by atoms with van der Waals surface area (Å²) in [6, 6.07) is 14.0. The van der Waals surface area contributed by atoms with Crippen molar-refractivity contribution in [3.8, 4) is 11.5 Å². The molecule has 1 aliphatic rings. The molecular formula is C24H18BrN3O4. The summed E-state index contributed by atoms with van der Waals surface area (Å²) in [4.78, 5) is 35.7. The van der Waals surface area contributed by atoms with E-state index in [4.69, 9.17) is 9.47 Å². The molecule has 4 heterocycles. The molecule has 0 saturated carbocycles. The molecule has 3 aromatic heterocycles. The van der Waals surface area contributed by atoms with E-state index in [0.29, 0.717) is 52.5 Å². The molecule has 32 heavy (non-hydrogen) atoms. The van der Waals surface area contributed by atoms with Crippen molar-refractivity contribution in [1.82, 2.24) is 14.5 Å². The van der Waals surface area contributed by atoms with Crippen molar-refractivity contribution in [2.75, 3.05) is 13.2 Å². The molecule has 0 saturated heterocycles. The maximum Gasteiger partial charge on any atom is 0.202 e. The molecular weight excluding hydrogens is 474 g/mol. The van der Waals surface area contributed by atoms with Gasteiger partial charge in [0.2, 0.25) is 5.43 Å². The van der Waals surface area contributed by atoms with Gasteiger partial charge in [0.25, 0.3) is 0 Å². The van der Waals surface area contributed by atoms with Crippen LogP contribution in [0.5, 0.6) is 11.5 Å². The van der Waals surface area contributed by atoms with Crippen molar-refractivity contribution in [3.63, 3.8) is 0 Å². The van der Waals surface area contributed by atoms with Gasteiger partial charge in [0, 0.05) is 17.5 Å². The quantitative estimate of drug-likeness (QED) is 0.317. The molecule has 1 aromatic carbocycles. The number of carbonyl (C=O) groups is 1. The molecule has 0 amide bonds. The fraction of sp³-hybridized carbons (Fsp3) is 0.167. The Morgan fingerprint density at radius 2 is 1.88 bits per heavy atom. The molecule has 0 bridgehead atoms. The highest BCUT2D eigenvalue weighted by molar-refractivity contribution is 9.10. The second-order valence-corrected chi connectivity index (χ2v) is 8.28. The molecule has 1 aliphatic heterocycles. The van der Waals surface area contributed by atoms with Crippen molar-refractivity contribution in [2.24, 2.45) is 0 Å². The van der Waals surface area contributed by atoms with E-state index in [1.165, 1.54) is 0 Å². The Labute approximate surface area is 191 Å². The maximum absolute atomic E-state index is 13.4. The summed E-state index contributed by atoms with van der Waals surface area (Å²) in [7, 11) is 0. The number of ether oxygens (including phenoxy) is 2. The lowest BCUT2D eigenvalue weighted by Crippen LogP contribution is -2.21. The minimum absolute atomic E-state index is 0.0647. The fourth-order valence-corrected chi connectivity index (χ4v) is 4.08. The summed E-state index contributed by atoms with van der Waals surface area (Å²) in [6.07, 6.45) is 1.57. The van der Waals surface area contributed by atoms with Crippen LogP contribution in [0.1, 0.15) is 27.3 Å². The first-order valence-electron chi connectivity index (χ1n) is 10.1. The lowest BCUT2D eigenvalue weighted by molar-refractivity contribution is 0.103. The van der Waals surface area contributed by atoms with Gasteiger partial charge in [0.1, 0.15) is 23.5 Å². The highest BCUT2D eigenvalue weighted by atomic mass is 79.9. The van der Waals surface area contributed by atoms with Gasteiger partial charge in [-0.1, -0.05) is 6.07 Å². The van der Waals surface area contributed by atoms with Crippen LogP contribution in [-0.2, 0) is 6.54 Å². The standard InChI is InChI=1S/C24H18BrN3O4/c1-14-5-7-17-23(30)18(22(29)15-6-8-19-20(11-15)32-10-9-31-19)13-28(24(17)26-14)12-16-3-2-4-21(25)27-16/h2-8,11,13H,9-10,12H2,1H3. The van der Waals surface area contributed by atoms with Crippen LogP contribution in [0.2, 0.25) is 0 Å². The summed E-state index contributed by atoms with van der Waals surface area (Å²) < 4.78 is 13.6. The van der Waals surface area contributed by atoms with Crippen LogP contribution >= 0.6 is 15.9 Å². The Kier molecular flexibility index (Phi) is 5.22. The van der Waals surface area contributed by atoms with Crippen LogP contribution in [0.15, 0.2) is 64.1 Å². The van der Waals surface area contributed by atoms with Crippen molar-refractivity contribution >= 4 is 32.7 Å². The molecule has 0 spiro atoms. The first kappa shape index (κ1) is 20.4. The van der Waals surface area contributed by atoms with Crippen LogP contribution in [0.3, 0.4) is 0 Å². The van der Waals surface area contributed by atoms with Crippen molar-refractivity contribution < 1.29 is 14.3 Å². The number of halogens is 1. The molecule has 160 valence electrons. The average Bonchev–Trinajstić information content (AvgIpc) is 2.80. The molecule has 0 radical (unpaired) electrons. The van der Waals surface area contributed by atoms with Gasteiger partial charge in [-0.2, -0.15) is 0 Å². The van der Waals surface area contributed by atoms with E-state index in [9.17, 15) is 9.59 Å². The van der Waals surface area contributed by atoms with Gasteiger partial charge in [-0.25, -0.2) is 9.97 Å². The van der Waals surface area contributed by atoms with Gasteiger partial charge in [-0.15, -0.1) is 0 Å². The molecule has 0 fully saturated rings. The number of hydrogen-bond acceptors (Lipinski definition) is 6. The van der Waals surface area contributed by atoms with Gasteiger partial charge < -0.3 is 14.0 Å². The Morgan fingerprint density at radius 3 is 2.69 bits per heavy atom. The molecule has 0 aliphatic carbocycles. The second kappa shape index (κ2) is 8.20. The Balaban J connectivity index is 1.64. The molecule has 4 aromatic rings. The van der Waals surface area contributed by atoms with E-state index in [1.807, 2.05) is 25.1 Å².